The predicted molar refractivity (Wildman–Crippen MR) is 162 cm³/mol. The number of carboxylic acids is 1. The topological polar surface area (TPSA) is 96.4 Å². The highest BCUT2D eigenvalue weighted by atomic mass is 16.6. The summed E-state index contributed by atoms with van der Waals surface area (Å²) < 4.78 is 11.5. The van der Waals surface area contributed by atoms with Gasteiger partial charge in [0.2, 0.25) is 0 Å². The molecule has 8 heteroatoms. The summed E-state index contributed by atoms with van der Waals surface area (Å²) in [5, 5.41) is 9.63. The van der Waals surface area contributed by atoms with Gasteiger partial charge in [0.05, 0.1) is 0 Å². The summed E-state index contributed by atoms with van der Waals surface area (Å²) in [6, 6.07) is 9.93. The van der Waals surface area contributed by atoms with Crippen LogP contribution in [0.5, 0.6) is 0 Å². The highest BCUT2D eigenvalue weighted by Gasteiger charge is 2.50. The van der Waals surface area contributed by atoms with Crippen LogP contribution in [0.4, 0.5) is 9.59 Å². The van der Waals surface area contributed by atoms with E-state index in [9.17, 15) is 19.5 Å². The van der Waals surface area contributed by atoms with Gasteiger partial charge in [-0.1, -0.05) is 30.3 Å². The van der Waals surface area contributed by atoms with Gasteiger partial charge in [0.15, 0.2) is 0 Å². The van der Waals surface area contributed by atoms with Gasteiger partial charge in [0.25, 0.3) is 0 Å². The summed E-state index contributed by atoms with van der Waals surface area (Å²) >= 11 is 0. The second-order valence-corrected chi connectivity index (χ2v) is 15.4. The summed E-state index contributed by atoms with van der Waals surface area (Å²) in [6.07, 6.45) is 8.43. The maximum Gasteiger partial charge on any atom is 0.410 e. The lowest BCUT2D eigenvalue weighted by molar-refractivity contribution is -0.138. The molecule has 0 aliphatic heterocycles. The maximum atomic E-state index is 13.7. The minimum Gasteiger partial charge on any atom is -0.480 e. The molecule has 4 fully saturated rings. The first-order valence-corrected chi connectivity index (χ1v) is 15.8. The molecule has 0 spiro atoms. The van der Waals surface area contributed by atoms with Crippen LogP contribution >= 0.6 is 0 Å². The molecule has 2 amide bonds. The zero-order valence-electron chi connectivity index (χ0n) is 26.6. The van der Waals surface area contributed by atoms with E-state index in [1.807, 2.05) is 56.0 Å². The van der Waals surface area contributed by atoms with Crippen molar-refractivity contribution < 1.29 is 29.0 Å². The molecule has 4 aliphatic carbocycles. The number of benzene rings is 1. The van der Waals surface area contributed by atoms with E-state index in [-0.39, 0.29) is 18.6 Å². The number of nitrogens with zero attached hydrogens (tertiary/aromatic N) is 2. The number of amides is 2. The van der Waals surface area contributed by atoms with Crippen molar-refractivity contribution >= 4 is 18.2 Å². The molecular formula is C34H52N2O6. The number of carbonyl (C=O) groups excluding carboxylic acids is 2. The summed E-state index contributed by atoms with van der Waals surface area (Å²) in [5.41, 5.74) is -0.0392. The molecule has 1 aromatic carbocycles. The largest absolute Gasteiger partial charge is 0.480 e. The van der Waals surface area contributed by atoms with Crippen LogP contribution < -0.4 is 0 Å². The number of ether oxygens (including phenoxy) is 2. The molecule has 4 bridgehead atoms. The third-order valence-electron chi connectivity index (χ3n) is 9.03. The molecule has 0 unspecified atom stereocenters. The number of rotatable bonds is 11. The summed E-state index contributed by atoms with van der Waals surface area (Å²) in [6.45, 7) is 11.5. The number of carbonyl (C=O) groups is 3. The molecule has 4 aliphatic rings. The number of carboxylic acid groups (broad SMARTS) is 1. The molecular weight excluding hydrogens is 532 g/mol. The molecule has 42 heavy (non-hydrogen) atoms. The van der Waals surface area contributed by atoms with Crippen molar-refractivity contribution in [1.82, 2.24) is 9.80 Å². The van der Waals surface area contributed by atoms with Crippen LogP contribution in [0, 0.1) is 29.1 Å². The summed E-state index contributed by atoms with van der Waals surface area (Å²) in [4.78, 5) is 41.6. The molecule has 5 rings (SSSR count). The van der Waals surface area contributed by atoms with Crippen LogP contribution in [-0.2, 0) is 20.7 Å². The van der Waals surface area contributed by atoms with Crippen LogP contribution in [0.1, 0.15) is 92.1 Å². The van der Waals surface area contributed by atoms with E-state index in [1.54, 1.807) is 20.8 Å². The molecule has 1 aromatic rings. The van der Waals surface area contributed by atoms with E-state index in [0.717, 1.165) is 29.7 Å². The lowest BCUT2D eigenvalue weighted by Gasteiger charge is -2.57. The molecule has 0 heterocycles. The summed E-state index contributed by atoms with van der Waals surface area (Å²) in [7, 11) is 0. The predicted octanol–water partition coefficient (Wildman–Crippen LogP) is 7.01. The summed E-state index contributed by atoms with van der Waals surface area (Å²) in [5.74, 6) is 1.16. The average Bonchev–Trinajstić information content (AvgIpc) is 2.83. The monoisotopic (exact) mass is 584 g/mol. The van der Waals surface area contributed by atoms with Gasteiger partial charge in [-0.05, 0) is 128 Å². The highest BCUT2D eigenvalue weighted by molar-refractivity contribution is 5.77. The zero-order valence-corrected chi connectivity index (χ0v) is 26.6. The van der Waals surface area contributed by atoms with Crippen LogP contribution in [0.2, 0.25) is 0 Å². The van der Waals surface area contributed by atoms with Crippen molar-refractivity contribution in [3.8, 4) is 0 Å². The van der Waals surface area contributed by atoms with Crippen LogP contribution in [0.15, 0.2) is 30.3 Å². The zero-order chi connectivity index (χ0) is 30.7. The van der Waals surface area contributed by atoms with Crippen molar-refractivity contribution in [2.45, 2.75) is 104 Å². The minimum absolute atomic E-state index is 0.146. The third-order valence-corrected chi connectivity index (χ3v) is 9.03. The lowest BCUT2D eigenvalue weighted by Crippen LogP contribution is -2.49. The van der Waals surface area contributed by atoms with Crippen molar-refractivity contribution in [3.05, 3.63) is 35.9 Å². The Morgan fingerprint density at radius 3 is 1.79 bits per heavy atom. The van der Waals surface area contributed by atoms with Gasteiger partial charge in [-0.2, -0.15) is 0 Å². The third kappa shape index (κ3) is 9.37. The quantitative estimate of drug-likeness (QED) is 0.301. The van der Waals surface area contributed by atoms with Gasteiger partial charge >= 0.3 is 18.2 Å². The Kier molecular flexibility index (Phi) is 9.83. The van der Waals surface area contributed by atoms with E-state index in [1.165, 1.54) is 43.4 Å². The van der Waals surface area contributed by atoms with Crippen LogP contribution in [0.3, 0.4) is 0 Å². The minimum atomic E-state index is -1.11. The first-order valence-electron chi connectivity index (χ1n) is 15.8. The van der Waals surface area contributed by atoms with Crippen LogP contribution in [0.25, 0.3) is 0 Å². The molecule has 0 saturated heterocycles. The molecule has 4 saturated carbocycles. The number of aliphatic carboxylic acids is 1. The second kappa shape index (κ2) is 12.8. The molecule has 234 valence electrons. The maximum absolute atomic E-state index is 13.7. The lowest BCUT2D eigenvalue weighted by atomic mass is 9.49. The Bertz CT molecular complexity index is 1050. The van der Waals surface area contributed by atoms with Gasteiger partial charge in [-0.3, -0.25) is 9.69 Å². The van der Waals surface area contributed by atoms with E-state index in [4.69, 9.17) is 9.47 Å². The average molecular weight is 585 g/mol. The Morgan fingerprint density at radius 2 is 1.31 bits per heavy atom. The molecule has 0 aromatic heterocycles. The Hall–Kier alpha value is -2.77. The Labute approximate surface area is 252 Å². The van der Waals surface area contributed by atoms with Crippen molar-refractivity contribution in [2.75, 3.05) is 26.2 Å². The second-order valence-electron chi connectivity index (χ2n) is 15.4. The smallest absolute Gasteiger partial charge is 0.410 e. The fourth-order valence-electron chi connectivity index (χ4n) is 8.00. The molecule has 0 radical (unpaired) electrons. The van der Waals surface area contributed by atoms with Crippen molar-refractivity contribution in [3.63, 3.8) is 0 Å². The fourth-order valence-corrected chi connectivity index (χ4v) is 8.00. The van der Waals surface area contributed by atoms with Gasteiger partial charge in [-0.25, -0.2) is 9.59 Å². The van der Waals surface area contributed by atoms with Crippen molar-refractivity contribution in [2.24, 2.45) is 29.1 Å². The standard InChI is InChI=1S/C34H52N2O6/c1-32(2,3)41-30(39)35(13-12-34-18-25-15-26(19-34)17-27(16-25)20-34)21-28(14-24-10-8-7-9-11-24)22-36(23-29(37)38)31(40)42-33(4,5)6/h7-11,25-28H,12-23H2,1-6H3,(H,37,38)/t25?,26?,27?,28-,34?/m1/s1. The Balaban J connectivity index is 1.56. The van der Waals surface area contributed by atoms with Gasteiger partial charge < -0.3 is 19.5 Å². The van der Waals surface area contributed by atoms with Gasteiger partial charge in [0.1, 0.15) is 17.7 Å². The Morgan fingerprint density at radius 1 is 0.833 bits per heavy atom. The van der Waals surface area contributed by atoms with Gasteiger partial charge in [0, 0.05) is 19.6 Å². The molecule has 1 atom stereocenters. The van der Waals surface area contributed by atoms with Gasteiger partial charge in [-0.15, -0.1) is 0 Å². The first kappa shape index (κ1) is 32.2. The first-order chi connectivity index (χ1) is 19.6. The normalized spacial score (nSPS) is 25.5. The van der Waals surface area contributed by atoms with E-state index < -0.39 is 29.8 Å². The van der Waals surface area contributed by atoms with E-state index in [0.29, 0.717) is 24.9 Å². The molecule has 8 nitrogen and oxygen atoms in total. The van der Waals surface area contributed by atoms with Crippen molar-refractivity contribution in [1.29, 1.82) is 0 Å². The fraction of sp³-hybridized carbons (Fsp3) is 0.735. The van der Waals surface area contributed by atoms with E-state index >= 15 is 0 Å². The number of hydrogen-bond donors (Lipinski definition) is 1. The highest BCUT2D eigenvalue weighted by Crippen LogP contribution is 2.61. The SMILES string of the molecule is CC(C)(C)OC(=O)N(CCC12CC3CC(CC(C3)C1)C2)C[C@@H](Cc1ccccc1)CN(CC(=O)O)C(=O)OC(C)(C)C. The van der Waals surface area contributed by atoms with Crippen LogP contribution in [-0.4, -0.2) is 70.4 Å². The number of hydrogen-bond acceptors (Lipinski definition) is 5. The van der Waals surface area contributed by atoms with E-state index in [2.05, 4.69) is 0 Å². The molecule has 1 N–H and O–H groups in total.